The van der Waals surface area contributed by atoms with Gasteiger partial charge in [-0.3, -0.25) is 0 Å². The van der Waals surface area contributed by atoms with Gasteiger partial charge in [-0.05, 0) is 38.0 Å². The van der Waals surface area contributed by atoms with Gasteiger partial charge in [-0.15, -0.1) is 0 Å². The van der Waals surface area contributed by atoms with Crippen molar-refractivity contribution in [3.63, 3.8) is 0 Å². The molecule has 0 heterocycles. The van der Waals surface area contributed by atoms with Crippen molar-refractivity contribution >= 4 is 15.9 Å². The van der Waals surface area contributed by atoms with E-state index in [1.807, 2.05) is 25.1 Å². The van der Waals surface area contributed by atoms with E-state index in [4.69, 9.17) is 10.00 Å². The zero-order chi connectivity index (χ0) is 13.0. The fourth-order valence-corrected chi connectivity index (χ4v) is 1.59. The van der Waals surface area contributed by atoms with Crippen LogP contribution in [0.4, 0.5) is 0 Å². The lowest BCUT2D eigenvalue weighted by molar-refractivity contribution is -0.0426. The Balaban J connectivity index is 2.87. The average molecular weight is 298 g/mol. The van der Waals surface area contributed by atoms with E-state index < -0.39 is 12.2 Å². The molecule has 0 radical (unpaired) electrons. The number of nitrogens with zero attached hydrogens (tertiary/aromatic N) is 1. The van der Waals surface area contributed by atoms with Crippen molar-refractivity contribution in [1.29, 1.82) is 5.26 Å². The highest BCUT2D eigenvalue weighted by Crippen LogP contribution is 2.24. The molecule has 0 fully saturated rings. The lowest BCUT2D eigenvalue weighted by Crippen LogP contribution is -2.24. The predicted octanol–water partition coefficient (Wildman–Crippen LogP) is 3.11. The lowest BCUT2D eigenvalue weighted by Gasteiger charge is -2.20. The predicted molar refractivity (Wildman–Crippen MR) is 69.5 cm³/mol. The zero-order valence-corrected chi connectivity index (χ0v) is 11.7. The van der Waals surface area contributed by atoms with Gasteiger partial charge in [0.15, 0.2) is 6.10 Å². The first-order valence-electron chi connectivity index (χ1n) is 5.45. The molecule has 0 bridgehead atoms. The summed E-state index contributed by atoms with van der Waals surface area (Å²) < 4.78 is 6.52. The van der Waals surface area contributed by atoms with Crippen LogP contribution in [0.3, 0.4) is 0 Å². The van der Waals surface area contributed by atoms with Crippen LogP contribution in [0.5, 0.6) is 0 Å². The molecule has 17 heavy (non-hydrogen) atoms. The number of nitriles is 1. The lowest BCUT2D eigenvalue weighted by atomic mass is 10.1. The Morgan fingerprint density at radius 3 is 2.53 bits per heavy atom. The average Bonchev–Trinajstić information content (AvgIpc) is 2.29. The summed E-state index contributed by atoms with van der Waals surface area (Å²) in [4.78, 5) is 0. The van der Waals surface area contributed by atoms with Crippen LogP contribution in [0.1, 0.15) is 31.1 Å². The molecule has 1 aromatic rings. The van der Waals surface area contributed by atoms with Crippen LogP contribution in [0.25, 0.3) is 0 Å². The van der Waals surface area contributed by atoms with Gasteiger partial charge in [-0.25, -0.2) is 0 Å². The maximum Gasteiger partial charge on any atom is 0.169 e. The second-order valence-electron chi connectivity index (χ2n) is 4.10. The molecule has 92 valence electrons. The molecule has 3 atom stereocenters. The molecular weight excluding hydrogens is 282 g/mol. The monoisotopic (exact) mass is 297 g/mol. The zero-order valence-electron chi connectivity index (χ0n) is 10.1. The highest BCUT2D eigenvalue weighted by molar-refractivity contribution is 9.10. The molecule has 0 saturated carbocycles. The van der Waals surface area contributed by atoms with Crippen molar-refractivity contribution in [2.45, 2.75) is 39.1 Å². The van der Waals surface area contributed by atoms with Gasteiger partial charge in [0.25, 0.3) is 0 Å². The van der Waals surface area contributed by atoms with Crippen LogP contribution < -0.4 is 0 Å². The van der Waals surface area contributed by atoms with Gasteiger partial charge in [0.05, 0.1) is 18.3 Å². The maximum absolute atomic E-state index is 9.37. The van der Waals surface area contributed by atoms with E-state index in [1.54, 1.807) is 13.8 Å². The summed E-state index contributed by atoms with van der Waals surface area (Å²) in [6, 6.07) is 7.75. The number of hydrogen-bond acceptors (Lipinski definition) is 3. The summed E-state index contributed by atoms with van der Waals surface area (Å²) in [5.74, 6) is 0. The van der Waals surface area contributed by atoms with Crippen molar-refractivity contribution in [3.05, 3.63) is 33.8 Å². The Morgan fingerprint density at radius 2 is 2.06 bits per heavy atom. The van der Waals surface area contributed by atoms with E-state index in [0.717, 1.165) is 15.6 Å². The Morgan fingerprint density at radius 1 is 1.41 bits per heavy atom. The van der Waals surface area contributed by atoms with Crippen LogP contribution in [-0.4, -0.2) is 17.3 Å². The third-order valence-electron chi connectivity index (χ3n) is 2.63. The second-order valence-corrected chi connectivity index (χ2v) is 4.95. The quantitative estimate of drug-likeness (QED) is 0.929. The molecule has 1 N–H and O–H groups in total. The minimum Gasteiger partial charge on any atom is -0.391 e. The van der Waals surface area contributed by atoms with Crippen LogP contribution in [0.2, 0.25) is 0 Å². The SMILES string of the molecule is Cc1cc(C(C#N)OC(C)C(C)O)ccc1Br. The van der Waals surface area contributed by atoms with Crippen molar-refractivity contribution < 1.29 is 9.84 Å². The van der Waals surface area contributed by atoms with Gasteiger partial charge in [0.1, 0.15) is 0 Å². The molecule has 0 aliphatic heterocycles. The summed E-state index contributed by atoms with van der Waals surface area (Å²) in [5, 5.41) is 18.5. The van der Waals surface area contributed by atoms with Crippen molar-refractivity contribution in [2.24, 2.45) is 0 Å². The summed E-state index contributed by atoms with van der Waals surface area (Å²) in [5.41, 5.74) is 1.86. The highest BCUT2D eigenvalue weighted by Gasteiger charge is 2.18. The number of hydrogen-bond donors (Lipinski definition) is 1. The summed E-state index contributed by atoms with van der Waals surface area (Å²) in [6.45, 7) is 5.35. The Labute approximate surface area is 110 Å². The molecule has 0 aliphatic rings. The Kier molecular flexibility index (Phi) is 5.13. The van der Waals surface area contributed by atoms with E-state index in [9.17, 15) is 5.11 Å². The first kappa shape index (κ1) is 14.2. The fraction of sp³-hybridized carbons (Fsp3) is 0.462. The van der Waals surface area contributed by atoms with Gasteiger partial charge in [-0.2, -0.15) is 5.26 Å². The maximum atomic E-state index is 9.37. The number of aryl methyl sites for hydroxylation is 1. The third-order valence-corrected chi connectivity index (χ3v) is 3.52. The van der Waals surface area contributed by atoms with E-state index in [2.05, 4.69) is 22.0 Å². The minimum atomic E-state index is -0.647. The summed E-state index contributed by atoms with van der Waals surface area (Å²) >= 11 is 3.41. The van der Waals surface area contributed by atoms with E-state index in [0.29, 0.717) is 0 Å². The number of ether oxygens (including phenoxy) is 1. The van der Waals surface area contributed by atoms with E-state index >= 15 is 0 Å². The molecule has 4 heteroatoms. The van der Waals surface area contributed by atoms with Crippen LogP contribution in [0, 0.1) is 18.3 Å². The topological polar surface area (TPSA) is 53.2 Å². The van der Waals surface area contributed by atoms with E-state index in [1.165, 1.54) is 0 Å². The highest BCUT2D eigenvalue weighted by atomic mass is 79.9. The number of aliphatic hydroxyl groups excluding tert-OH is 1. The van der Waals surface area contributed by atoms with Gasteiger partial charge in [0.2, 0.25) is 0 Å². The molecule has 0 amide bonds. The molecule has 0 spiro atoms. The molecule has 3 nitrogen and oxygen atoms in total. The molecular formula is C13H16BrNO2. The number of benzene rings is 1. The van der Waals surface area contributed by atoms with Gasteiger partial charge < -0.3 is 9.84 Å². The van der Waals surface area contributed by atoms with Gasteiger partial charge >= 0.3 is 0 Å². The molecule has 1 rings (SSSR count). The smallest absolute Gasteiger partial charge is 0.169 e. The minimum absolute atomic E-state index is 0.372. The van der Waals surface area contributed by atoms with Crippen LogP contribution >= 0.6 is 15.9 Å². The van der Waals surface area contributed by atoms with E-state index in [-0.39, 0.29) is 6.10 Å². The van der Waals surface area contributed by atoms with Crippen molar-refractivity contribution in [2.75, 3.05) is 0 Å². The molecule has 0 aliphatic carbocycles. The summed E-state index contributed by atoms with van der Waals surface area (Å²) in [6.07, 6.45) is -1.61. The van der Waals surface area contributed by atoms with Crippen LogP contribution in [0.15, 0.2) is 22.7 Å². The fourth-order valence-electron chi connectivity index (χ4n) is 1.34. The largest absolute Gasteiger partial charge is 0.391 e. The third kappa shape index (κ3) is 3.81. The second kappa shape index (κ2) is 6.15. The normalized spacial score (nSPS) is 16.0. The van der Waals surface area contributed by atoms with Crippen molar-refractivity contribution in [3.8, 4) is 6.07 Å². The van der Waals surface area contributed by atoms with Crippen LogP contribution in [-0.2, 0) is 4.74 Å². The first-order valence-corrected chi connectivity index (χ1v) is 6.24. The molecule has 0 saturated heterocycles. The Bertz CT molecular complexity index is 426. The standard InChI is InChI=1S/C13H16BrNO2/c1-8-6-11(4-5-12(8)14)13(7-15)17-10(3)9(2)16/h4-6,9-10,13,16H,1-3H3. The van der Waals surface area contributed by atoms with Gasteiger partial charge in [-0.1, -0.05) is 28.1 Å². The van der Waals surface area contributed by atoms with Crippen molar-refractivity contribution in [1.82, 2.24) is 0 Å². The Hall–Kier alpha value is -0.890. The molecule has 1 aromatic carbocycles. The summed E-state index contributed by atoms with van der Waals surface area (Å²) in [7, 11) is 0. The number of rotatable bonds is 4. The van der Waals surface area contributed by atoms with Gasteiger partial charge in [0, 0.05) is 4.47 Å². The molecule has 3 unspecified atom stereocenters. The number of aliphatic hydroxyl groups is 1. The first-order chi connectivity index (χ1) is 7.95. The number of halogens is 1. The molecule has 0 aromatic heterocycles.